The lowest BCUT2D eigenvalue weighted by Crippen LogP contribution is -2.41. The second-order valence-corrected chi connectivity index (χ2v) is 5.16. The third kappa shape index (κ3) is 2.80. The van der Waals surface area contributed by atoms with E-state index in [-0.39, 0.29) is 11.1 Å². The number of nitro benzene ring substituents is 1. The number of nitrogens with zero attached hydrogens (tertiary/aromatic N) is 1. The molecular weight excluding hydrogens is 256 g/mol. The maximum atomic E-state index is 10.9. The Kier molecular flexibility index (Phi) is 3.83. The molecule has 1 saturated heterocycles. The van der Waals surface area contributed by atoms with Crippen molar-refractivity contribution < 1.29 is 14.8 Å². The van der Waals surface area contributed by atoms with Gasteiger partial charge in [0.25, 0.3) is 5.69 Å². The van der Waals surface area contributed by atoms with Crippen molar-refractivity contribution >= 4 is 23.4 Å². The summed E-state index contributed by atoms with van der Waals surface area (Å²) in [6.45, 7) is 0. The Morgan fingerprint density at radius 3 is 2.67 bits per heavy atom. The molecule has 1 aromatic carbocycles. The first-order chi connectivity index (χ1) is 8.58. The molecule has 0 amide bonds. The van der Waals surface area contributed by atoms with Crippen molar-refractivity contribution in [3.05, 3.63) is 39.9 Å². The van der Waals surface area contributed by atoms with E-state index in [1.807, 2.05) is 0 Å². The van der Waals surface area contributed by atoms with Gasteiger partial charge < -0.3 is 5.11 Å². The van der Waals surface area contributed by atoms with Gasteiger partial charge in [0.05, 0.1) is 10.3 Å². The van der Waals surface area contributed by atoms with E-state index >= 15 is 0 Å². The summed E-state index contributed by atoms with van der Waals surface area (Å²) in [6, 6.07) is 5.63. The minimum Gasteiger partial charge on any atom is -0.480 e. The van der Waals surface area contributed by atoms with Gasteiger partial charge in [-0.2, -0.15) is 0 Å². The lowest BCUT2D eigenvalue weighted by atomic mass is 10.1. The molecule has 0 bridgehead atoms. The summed E-state index contributed by atoms with van der Waals surface area (Å²) >= 11 is 1.61. The smallest absolute Gasteiger partial charge is 0.320 e. The van der Waals surface area contributed by atoms with Gasteiger partial charge in [-0.1, -0.05) is 0 Å². The van der Waals surface area contributed by atoms with E-state index in [9.17, 15) is 14.9 Å². The fourth-order valence-corrected chi connectivity index (χ4v) is 2.99. The molecule has 0 radical (unpaired) electrons. The molecule has 6 nitrogen and oxygen atoms in total. The van der Waals surface area contributed by atoms with Gasteiger partial charge in [-0.05, 0) is 29.9 Å². The summed E-state index contributed by atoms with van der Waals surface area (Å²) < 4.78 is 0. The van der Waals surface area contributed by atoms with Crippen molar-refractivity contribution in [1.82, 2.24) is 5.32 Å². The fourth-order valence-electron chi connectivity index (χ4n) is 1.78. The van der Waals surface area contributed by atoms with Gasteiger partial charge in [-0.3, -0.25) is 20.2 Å². The van der Waals surface area contributed by atoms with Crippen molar-refractivity contribution in [3.8, 4) is 0 Å². The second kappa shape index (κ2) is 5.36. The molecule has 2 atom stereocenters. The van der Waals surface area contributed by atoms with Crippen molar-refractivity contribution in [2.45, 2.75) is 17.8 Å². The molecule has 1 aliphatic rings. The van der Waals surface area contributed by atoms with Crippen LogP contribution in [0.25, 0.3) is 0 Å². The normalized spacial score (nSPS) is 23.6. The molecule has 96 valence electrons. The van der Waals surface area contributed by atoms with E-state index in [0.717, 1.165) is 11.3 Å². The third-order valence-corrected chi connectivity index (χ3v) is 3.96. The topological polar surface area (TPSA) is 92.5 Å². The molecule has 1 aromatic rings. The predicted octanol–water partition coefficient (Wildman–Crippen LogP) is 1.77. The maximum Gasteiger partial charge on any atom is 0.320 e. The summed E-state index contributed by atoms with van der Waals surface area (Å²) in [7, 11) is 0. The zero-order valence-corrected chi connectivity index (χ0v) is 10.2. The summed E-state index contributed by atoms with van der Waals surface area (Å²) in [5.41, 5.74) is 0.894. The van der Waals surface area contributed by atoms with Crippen molar-refractivity contribution in [3.63, 3.8) is 0 Å². The number of nitro groups is 1. The first kappa shape index (κ1) is 12.8. The average molecular weight is 268 g/mol. The van der Waals surface area contributed by atoms with Crippen LogP contribution in [0.1, 0.15) is 17.4 Å². The molecule has 2 unspecified atom stereocenters. The van der Waals surface area contributed by atoms with Gasteiger partial charge >= 0.3 is 5.97 Å². The van der Waals surface area contributed by atoms with Crippen LogP contribution < -0.4 is 5.32 Å². The first-order valence-electron chi connectivity index (χ1n) is 5.43. The minimum absolute atomic E-state index is 0.0364. The maximum absolute atomic E-state index is 10.9. The van der Waals surface area contributed by atoms with Gasteiger partial charge in [0, 0.05) is 12.1 Å². The highest BCUT2D eigenvalue weighted by Gasteiger charge is 2.27. The molecule has 2 N–H and O–H groups in total. The van der Waals surface area contributed by atoms with Crippen LogP contribution in [0.15, 0.2) is 24.3 Å². The highest BCUT2D eigenvalue weighted by atomic mass is 32.2. The molecule has 0 aliphatic carbocycles. The second-order valence-electron chi connectivity index (χ2n) is 3.95. The predicted molar refractivity (Wildman–Crippen MR) is 67.5 cm³/mol. The number of hydrogen-bond donors (Lipinski definition) is 2. The SMILES string of the molecule is O=C(O)C1CCSC(c2ccc([N+](=O)[O-])cc2)N1. The third-order valence-electron chi connectivity index (χ3n) is 2.75. The van der Waals surface area contributed by atoms with Gasteiger partial charge in [0.1, 0.15) is 6.04 Å². The zero-order valence-electron chi connectivity index (χ0n) is 9.41. The number of carbonyl (C=O) groups is 1. The van der Waals surface area contributed by atoms with Gasteiger partial charge in [-0.25, -0.2) is 0 Å². The molecule has 1 fully saturated rings. The number of carboxylic acid groups (broad SMARTS) is 1. The Bertz CT molecular complexity index is 463. The number of hydrogen-bond acceptors (Lipinski definition) is 5. The molecule has 7 heteroatoms. The van der Waals surface area contributed by atoms with Crippen molar-refractivity contribution in [1.29, 1.82) is 0 Å². The van der Waals surface area contributed by atoms with Crippen LogP contribution in [0.4, 0.5) is 5.69 Å². The van der Waals surface area contributed by atoms with Crippen LogP contribution in [0.5, 0.6) is 0 Å². The van der Waals surface area contributed by atoms with Crippen molar-refractivity contribution in [2.24, 2.45) is 0 Å². The quantitative estimate of drug-likeness (QED) is 0.641. The molecule has 1 heterocycles. The molecule has 0 saturated carbocycles. The lowest BCUT2D eigenvalue weighted by Gasteiger charge is -2.28. The van der Waals surface area contributed by atoms with Crippen molar-refractivity contribution in [2.75, 3.05) is 5.75 Å². The zero-order chi connectivity index (χ0) is 13.1. The Morgan fingerprint density at radius 1 is 1.44 bits per heavy atom. The fraction of sp³-hybridized carbons (Fsp3) is 0.364. The van der Waals surface area contributed by atoms with E-state index in [1.54, 1.807) is 23.9 Å². The molecule has 0 spiro atoms. The summed E-state index contributed by atoms with van der Waals surface area (Å²) in [5, 5.41) is 22.4. The summed E-state index contributed by atoms with van der Waals surface area (Å²) in [6.07, 6.45) is 0.587. The standard InChI is InChI=1S/C11H12N2O4S/c14-11(15)9-5-6-18-10(12-9)7-1-3-8(4-2-7)13(16)17/h1-4,9-10,12H,5-6H2,(H,14,15). The van der Waals surface area contributed by atoms with Crippen LogP contribution >= 0.6 is 11.8 Å². The highest BCUT2D eigenvalue weighted by molar-refractivity contribution is 7.99. The Labute approximate surface area is 108 Å². The molecule has 1 aliphatic heterocycles. The summed E-state index contributed by atoms with van der Waals surface area (Å²) in [5.74, 6) is -0.103. The van der Waals surface area contributed by atoms with E-state index in [4.69, 9.17) is 5.11 Å². The highest BCUT2D eigenvalue weighted by Crippen LogP contribution is 2.32. The lowest BCUT2D eigenvalue weighted by molar-refractivity contribution is -0.384. The van der Waals surface area contributed by atoms with Crippen LogP contribution in [0, 0.1) is 10.1 Å². The molecule has 2 rings (SSSR count). The number of non-ortho nitro benzene ring substituents is 1. The van der Waals surface area contributed by atoms with E-state index in [1.165, 1.54) is 12.1 Å². The van der Waals surface area contributed by atoms with E-state index < -0.39 is 16.9 Å². The van der Waals surface area contributed by atoms with Gasteiger partial charge in [0.2, 0.25) is 0 Å². The van der Waals surface area contributed by atoms with Crippen LogP contribution in [-0.4, -0.2) is 27.8 Å². The van der Waals surface area contributed by atoms with E-state index in [0.29, 0.717) is 6.42 Å². The monoisotopic (exact) mass is 268 g/mol. The number of rotatable bonds is 3. The first-order valence-corrected chi connectivity index (χ1v) is 6.47. The van der Waals surface area contributed by atoms with Crippen LogP contribution in [0.2, 0.25) is 0 Å². The average Bonchev–Trinajstić information content (AvgIpc) is 2.39. The van der Waals surface area contributed by atoms with Crippen LogP contribution in [-0.2, 0) is 4.79 Å². The number of aliphatic carboxylic acids is 1. The number of nitrogens with one attached hydrogen (secondary N) is 1. The number of benzene rings is 1. The Balaban J connectivity index is 2.11. The minimum atomic E-state index is -0.859. The van der Waals surface area contributed by atoms with Crippen LogP contribution in [0.3, 0.4) is 0 Å². The number of carboxylic acids is 1. The van der Waals surface area contributed by atoms with Gasteiger partial charge in [-0.15, -0.1) is 11.8 Å². The van der Waals surface area contributed by atoms with Gasteiger partial charge in [0.15, 0.2) is 0 Å². The molecule has 0 aromatic heterocycles. The Morgan fingerprint density at radius 2 is 2.11 bits per heavy atom. The molecule has 18 heavy (non-hydrogen) atoms. The Hall–Kier alpha value is -1.60. The number of thioether (sulfide) groups is 1. The summed E-state index contributed by atoms with van der Waals surface area (Å²) in [4.78, 5) is 21.0. The largest absolute Gasteiger partial charge is 0.480 e. The molecular formula is C11H12N2O4S. The van der Waals surface area contributed by atoms with E-state index in [2.05, 4.69) is 5.32 Å².